The Morgan fingerprint density at radius 3 is 2.60 bits per heavy atom. The van der Waals surface area contributed by atoms with Crippen molar-refractivity contribution in [2.75, 3.05) is 32.7 Å². The number of piperidine rings is 1. The van der Waals surface area contributed by atoms with Crippen LogP contribution in [0.25, 0.3) is 12.2 Å². The van der Waals surface area contributed by atoms with E-state index in [4.69, 9.17) is 4.52 Å². The largest absolute Gasteiger partial charge is 0.355 e. The van der Waals surface area contributed by atoms with Gasteiger partial charge in [0.25, 0.3) is 0 Å². The number of nitrogens with one attached hydrogen (secondary N) is 1. The Bertz CT molecular complexity index is 1510. The average Bonchev–Trinajstić information content (AvgIpc) is 3.33. The second kappa shape index (κ2) is 12.0. The van der Waals surface area contributed by atoms with Gasteiger partial charge in [0.1, 0.15) is 17.3 Å². The summed E-state index contributed by atoms with van der Waals surface area (Å²) in [6.45, 7) is 5.03. The molecule has 0 unspecified atom stereocenters. The lowest BCUT2D eigenvalue weighted by atomic mass is 9.97. The highest BCUT2D eigenvalue weighted by atomic mass is 32.2. The van der Waals surface area contributed by atoms with Crippen molar-refractivity contribution in [3.8, 4) is 0 Å². The lowest BCUT2D eigenvalue weighted by Crippen LogP contribution is -2.44. The summed E-state index contributed by atoms with van der Waals surface area (Å²) in [6, 6.07) is 11.5. The molecule has 1 N–H and O–H groups in total. The van der Waals surface area contributed by atoms with E-state index in [0.29, 0.717) is 19.4 Å². The molecule has 0 bridgehead atoms. The van der Waals surface area contributed by atoms with Gasteiger partial charge in [-0.25, -0.2) is 17.2 Å². The van der Waals surface area contributed by atoms with Crippen LogP contribution in [0.3, 0.4) is 0 Å². The van der Waals surface area contributed by atoms with Gasteiger partial charge >= 0.3 is 0 Å². The molecule has 8 nitrogen and oxygen atoms in total. The summed E-state index contributed by atoms with van der Waals surface area (Å²) < 4.78 is 60.7. The first-order chi connectivity index (χ1) is 19.2. The predicted octanol–water partition coefficient (Wildman–Crippen LogP) is 4.01. The summed E-state index contributed by atoms with van der Waals surface area (Å²) in [5, 5.41) is 6.83. The lowest BCUT2D eigenvalue weighted by molar-refractivity contribution is -0.126. The van der Waals surface area contributed by atoms with Crippen LogP contribution in [0.5, 0.6) is 0 Å². The number of aryl methyl sites for hydroxylation is 1. The van der Waals surface area contributed by atoms with E-state index in [9.17, 15) is 22.0 Å². The van der Waals surface area contributed by atoms with E-state index >= 15 is 0 Å². The van der Waals surface area contributed by atoms with Crippen LogP contribution >= 0.6 is 0 Å². The molecule has 5 rings (SSSR count). The third-order valence-corrected chi connectivity index (χ3v) is 9.63. The van der Waals surface area contributed by atoms with Gasteiger partial charge in [0.2, 0.25) is 15.9 Å². The van der Waals surface area contributed by atoms with Crippen LogP contribution in [-0.2, 0) is 27.8 Å². The number of hydrogen-bond acceptors (Lipinski definition) is 6. The molecule has 1 saturated heterocycles. The van der Waals surface area contributed by atoms with E-state index < -0.39 is 21.7 Å². The van der Waals surface area contributed by atoms with Crippen molar-refractivity contribution in [2.45, 2.75) is 37.6 Å². The molecule has 0 radical (unpaired) electrons. The molecule has 2 aliphatic rings. The maximum absolute atomic E-state index is 14.0. The maximum atomic E-state index is 14.0. The summed E-state index contributed by atoms with van der Waals surface area (Å²) >= 11 is 0. The smallest absolute Gasteiger partial charge is 0.248 e. The van der Waals surface area contributed by atoms with Crippen LogP contribution in [0.1, 0.15) is 41.0 Å². The van der Waals surface area contributed by atoms with Crippen molar-refractivity contribution in [1.82, 2.24) is 19.7 Å². The van der Waals surface area contributed by atoms with E-state index in [1.807, 2.05) is 6.07 Å². The first-order valence-corrected chi connectivity index (χ1v) is 14.8. The fourth-order valence-corrected chi connectivity index (χ4v) is 7.03. The molecule has 0 saturated carbocycles. The van der Waals surface area contributed by atoms with Crippen molar-refractivity contribution in [3.05, 3.63) is 82.2 Å². The molecule has 2 aliphatic heterocycles. The SMILES string of the molecule is Cc1noc(/C=C/c2ccc(F)cc2F)c1S(=O)(=O)N1CCC(C(=O)NCCN2CCc3ccccc3C2)CC1. The lowest BCUT2D eigenvalue weighted by Gasteiger charge is -2.31. The molecule has 2 aromatic carbocycles. The number of benzene rings is 2. The molecule has 212 valence electrons. The van der Waals surface area contributed by atoms with E-state index in [1.165, 1.54) is 40.6 Å². The molecule has 0 atom stereocenters. The maximum Gasteiger partial charge on any atom is 0.248 e. The number of carbonyl (C=O) groups excluding carboxylic acids is 1. The Balaban J connectivity index is 1.15. The number of aromatic nitrogens is 1. The van der Waals surface area contributed by atoms with Crippen LogP contribution in [0.4, 0.5) is 8.78 Å². The second-order valence-electron chi connectivity index (χ2n) is 10.2. The van der Waals surface area contributed by atoms with E-state index in [1.54, 1.807) is 0 Å². The molecule has 1 aromatic heterocycles. The zero-order valence-electron chi connectivity index (χ0n) is 22.3. The van der Waals surface area contributed by atoms with E-state index in [0.717, 1.165) is 38.2 Å². The Labute approximate surface area is 232 Å². The standard InChI is InChI=1S/C29H32F2N4O4S/c1-20-28(27(39-33-20)9-7-22-6-8-25(30)18-26(22)31)40(37,38)35-15-11-23(12-16-35)29(36)32-13-17-34-14-10-21-4-2-3-5-24(21)19-34/h2-9,18,23H,10-17,19H2,1H3,(H,32,36)/b9-7+. The monoisotopic (exact) mass is 570 g/mol. The number of amides is 1. The average molecular weight is 571 g/mol. The number of sulfonamides is 1. The number of fused-ring (bicyclic) bond motifs is 1. The zero-order valence-corrected chi connectivity index (χ0v) is 23.1. The van der Waals surface area contributed by atoms with Gasteiger partial charge in [-0.1, -0.05) is 29.4 Å². The first-order valence-electron chi connectivity index (χ1n) is 13.4. The van der Waals surface area contributed by atoms with Gasteiger partial charge in [0.15, 0.2) is 10.7 Å². The molecule has 0 spiro atoms. The molecule has 3 heterocycles. The summed E-state index contributed by atoms with van der Waals surface area (Å²) in [7, 11) is -3.97. The summed E-state index contributed by atoms with van der Waals surface area (Å²) in [6.07, 6.45) is 4.43. The van der Waals surface area contributed by atoms with Crippen LogP contribution in [0, 0.1) is 24.5 Å². The molecule has 40 heavy (non-hydrogen) atoms. The zero-order chi connectivity index (χ0) is 28.3. The van der Waals surface area contributed by atoms with Gasteiger partial charge in [0, 0.05) is 56.8 Å². The predicted molar refractivity (Wildman–Crippen MR) is 146 cm³/mol. The number of rotatable bonds is 8. The third-order valence-electron chi connectivity index (χ3n) is 7.57. The highest BCUT2D eigenvalue weighted by Gasteiger charge is 2.36. The highest BCUT2D eigenvalue weighted by molar-refractivity contribution is 7.89. The number of hydrogen-bond donors (Lipinski definition) is 1. The van der Waals surface area contributed by atoms with E-state index in [-0.39, 0.29) is 46.8 Å². The Hall–Kier alpha value is -3.41. The molecule has 0 aliphatic carbocycles. The van der Waals surface area contributed by atoms with E-state index in [2.05, 4.69) is 33.6 Å². The third kappa shape index (κ3) is 6.16. The number of halogens is 2. The second-order valence-corrected chi connectivity index (χ2v) is 12.1. The molecule has 1 amide bonds. The van der Waals surface area contributed by atoms with Crippen LogP contribution in [0.15, 0.2) is 51.9 Å². The van der Waals surface area contributed by atoms with Crippen molar-refractivity contribution in [3.63, 3.8) is 0 Å². The summed E-state index contributed by atoms with van der Waals surface area (Å²) in [4.78, 5) is 15.0. The van der Waals surface area contributed by atoms with Gasteiger partial charge in [-0.15, -0.1) is 0 Å². The first kappa shape index (κ1) is 28.1. The minimum atomic E-state index is -3.97. The van der Waals surface area contributed by atoms with Crippen molar-refractivity contribution in [2.24, 2.45) is 5.92 Å². The normalized spacial score (nSPS) is 17.3. The summed E-state index contributed by atoms with van der Waals surface area (Å²) in [5.41, 5.74) is 2.98. The number of nitrogens with zero attached hydrogens (tertiary/aromatic N) is 3. The molecular formula is C29H32F2N4O4S. The molecule has 3 aromatic rings. The highest BCUT2D eigenvalue weighted by Crippen LogP contribution is 2.29. The minimum absolute atomic E-state index is 0.0403. The van der Waals surface area contributed by atoms with Crippen LogP contribution in [-0.4, -0.2) is 61.4 Å². The topological polar surface area (TPSA) is 95.8 Å². The molecule has 11 heteroatoms. The summed E-state index contributed by atoms with van der Waals surface area (Å²) in [5.74, 6) is -1.85. The fraction of sp³-hybridized carbons (Fsp3) is 0.379. The van der Waals surface area contributed by atoms with Gasteiger partial charge < -0.3 is 9.84 Å². The Kier molecular flexibility index (Phi) is 8.43. The molecular weight excluding hydrogens is 538 g/mol. The van der Waals surface area contributed by atoms with Crippen molar-refractivity contribution in [1.29, 1.82) is 0 Å². The fourth-order valence-electron chi connectivity index (χ4n) is 5.31. The van der Waals surface area contributed by atoms with Crippen LogP contribution in [0.2, 0.25) is 0 Å². The van der Waals surface area contributed by atoms with Gasteiger partial charge in [-0.2, -0.15) is 4.31 Å². The Morgan fingerprint density at radius 2 is 1.85 bits per heavy atom. The van der Waals surface area contributed by atoms with Crippen molar-refractivity contribution < 1.29 is 26.5 Å². The van der Waals surface area contributed by atoms with Gasteiger partial charge in [0.05, 0.1) is 0 Å². The molecule has 1 fully saturated rings. The minimum Gasteiger partial charge on any atom is -0.355 e. The van der Waals surface area contributed by atoms with Gasteiger partial charge in [-0.3, -0.25) is 9.69 Å². The van der Waals surface area contributed by atoms with Gasteiger partial charge in [-0.05, 0) is 61.6 Å². The Morgan fingerprint density at radius 1 is 1.10 bits per heavy atom. The number of carbonyl (C=O) groups is 1. The quantitative estimate of drug-likeness (QED) is 0.440. The van der Waals surface area contributed by atoms with Crippen molar-refractivity contribution >= 4 is 28.1 Å². The van der Waals surface area contributed by atoms with Crippen LogP contribution < -0.4 is 5.32 Å².